The topological polar surface area (TPSA) is 56.6 Å². The Morgan fingerprint density at radius 1 is 1.50 bits per heavy atom. The summed E-state index contributed by atoms with van der Waals surface area (Å²) in [5, 5.41) is 17.9. The van der Waals surface area contributed by atoms with Gasteiger partial charge < -0.3 is 15.1 Å². The lowest BCUT2D eigenvalue weighted by molar-refractivity contribution is 0.269. The van der Waals surface area contributed by atoms with Crippen molar-refractivity contribution in [2.45, 2.75) is 19.6 Å². The highest BCUT2D eigenvalue weighted by molar-refractivity contribution is 5.46. The van der Waals surface area contributed by atoms with Crippen molar-refractivity contribution < 1.29 is 10.2 Å². The number of aliphatic hydroxyl groups is 2. The predicted molar refractivity (Wildman–Crippen MR) is 55.1 cm³/mol. The van der Waals surface area contributed by atoms with Crippen molar-refractivity contribution in [3.63, 3.8) is 0 Å². The fourth-order valence-electron chi connectivity index (χ4n) is 1.15. The van der Waals surface area contributed by atoms with Crippen LogP contribution in [0.4, 0.5) is 5.69 Å². The minimum Gasteiger partial charge on any atom is -0.394 e. The van der Waals surface area contributed by atoms with E-state index in [1.54, 1.807) is 6.20 Å². The van der Waals surface area contributed by atoms with Crippen LogP contribution in [-0.4, -0.2) is 34.9 Å². The van der Waals surface area contributed by atoms with Gasteiger partial charge in [-0.1, -0.05) is 0 Å². The summed E-state index contributed by atoms with van der Waals surface area (Å²) in [6.07, 6.45) is 1.65. The average Bonchev–Trinajstić information content (AvgIpc) is 2.27. The Bertz CT molecular complexity index is 291. The number of aromatic nitrogens is 1. The van der Waals surface area contributed by atoms with Gasteiger partial charge in [0.25, 0.3) is 0 Å². The fraction of sp³-hybridized carbons (Fsp3) is 0.500. The van der Waals surface area contributed by atoms with Gasteiger partial charge in [-0.2, -0.15) is 0 Å². The smallest absolute Gasteiger partial charge is 0.0853 e. The maximum Gasteiger partial charge on any atom is 0.0853 e. The van der Waals surface area contributed by atoms with Gasteiger partial charge in [-0.05, 0) is 19.1 Å². The summed E-state index contributed by atoms with van der Waals surface area (Å²) >= 11 is 0. The Morgan fingerprint density at radius 2 is 2.21 bits per heavy atom. The highest BCUT2D eigenvalue weighted by Gasteiger charge is 2.08. The maximum atomic E-state index is 8.99. The number of pyridine rings is 1. The summed E-state index contributed by atoms with van der Waals surface area (Å²) in [5.74, 6) is 0. The van der Waals surface area contributed by atoms with Gasteiger partial charge in [0.2, 0.25) is 0 Å². The summed E-state index contributed by atoms with van der Waals surface area (Å²) in [4.78, 5) is 5.93. The molecule has 1 aromatic heterocycles. The summed E-state index contributed by atoms with van der Waals surface area (Å²) in [5.41, 5.74) is 1.59. The lowest BCUT2D eigenvalue weighted by atomic mass is 10.2. The number of aliphatic hydroxyl groups excluding tert-OH is 2. The average molecular weight is 196 g/mol. The van der Waals surface area contributed by atoms with Crippen LogP contribution < -0.4 is 4.90 Å². The molecule has 14 heavy (non-hydrogen) atoms. The first-order valence-electron chi connectivity index (χ1n) is 4.58. The number of nitrogens with zero attached hydrogens (tertiary/aromatic N) is 2. The molecule has 1 rings (SSSR count). The second-order valence-corrected chi connectivity index (χ2v) is 3.31. The van der Waals surface area contributed by atoms with Crippen LogP contribution in [-0.2, 0) is 6.61 Å². The Kier molecular flexibility index (Phi) is 3.85. The molecule has 0 saturated heterocycles. The molecular weight excluding hydrogens is 180 g/mol. The number of hydrogen-bond acceptors (Lipinski definition) is 4. The van der Waals surface area contributed by atoms with Crippen molar-refractivity contribution in [2.75, 3.05) is 18.6 Å². The van der Waals surface area contributed by atoms with Gasteiger partial charge in [-0.25, -0.2) is 0 Å². The molecule has 0 aromatic carbocycles. The van der Waals surface area contributed by atoms with Gasteiger partial charge in [0.1, 0.15) is 0 Å². The van der Waals surface area contributed by atoms with E-state index in [4.69, 9.17) is 10.2 Å². The monoisotopic (exact) mass is 196 g/mol. The van der Waals surface area contributed by atoms with Crippen molar-refractivity contribution >= 4 is 5.69 Å². The Balaban J connectivity index is 2.83. The van der Waals surface area contributed by atoms with E-state index >= 15 is 0 Å². The van der Waals surface area contributed by atoms with E-state index in [2.05, 4.69) is 4.98 Å². The molecule has 0 amide bonds. The van der Waals surface area contributed by atoms with Crippen LogP contribution in [0.15, 0.2) is 18.3 Å². The molecule has 0 bridgehead atoms. The minimum absolute atomic E-state index is 0.0592. The molecule has 4 nitrogen and oxygen atoms in total. The van der Waals surface area contributed by atoms with Crippen LogP contribution in [0.1, 0.15) is 12.6 Å². The molecule has 0 aliphatic rings. The van der Waals surface area contributed by atoms with E-state index in [0.29, 0.717) is 5.69 Å². The first-order chi connectivity index (χ1) is 6.69. The summed E-state index contributed by atoms with van der Waals surface area (Å²) < 4.78 is 0. The molecule has 2 N–H and O–H groups in total. The molecule has 4 heteroatoms. The number of likely N-dealkylation sites (N-methyl/N-ethyl adjacent to an activating group) is 1. The van der Waals surface area contributed by atoms with Gasteiger partial charge in [0, 0.05) is 25.0 Å². The normalized spacial score (nSPS) is 12.6. The third kappa shape index (κ3) is 2.43. The Labute approximate surface area is 83.8 Å². The van der Waals surface area contributed by atoms with E-state index in [1.807, 2.05) is 31.0 Å². The molecule has 0 aliphatic heterocycles. The number of rotatable bonds is 4. The van der Waals surface area contributed by atoms with Crippen molar-refractivity contribution in [2.24, 2.45) is 0 Å². The van der Waals surface area contributed by atoms with E-state index in [0.717, 1.165) is 5.69 Å². The first-order valence-corrected chi connectivity index (χ1v) is 4.58. The summed E-state index contributed by atoms with van der Waals surface area (Å²) in [6, 6.07) is 3.72. The lowest BCUT2D eigenvalue weighted by Crippen LogP contribution is -2.31. The maximum absolute atomic E-state index is 8.99. The molecule has 1 aromatic rings. The highest BCUT2D eigenvalue weighted by atomic mass is 16.3. The van der Waals surface area contributed by atoms with Crippen molar-refractivity contribution in [1.29, 1.82) is 0 Å². The molecule has 1 atom stereocenters. The molecule has 78 valence electrons. The largest absolute Gasteiger partial charge is 0.394 e. The molecule has 1 heterocycles. The second-order valence-electron chi connectivity index (χ2n) is 3.31. The zero-order valence-electron chi connectivity index (χ0n) is 8.51. The van der Waals surface area contributed by atoms with Crippen molar-refractivity contribution in [3.8, 4) is 0 Å². The van der Waals surface area contributed by atoms with Crippen LogP contribution in [0.3, 0.4) is 0 Å². The quantitative estimate of drug-likeness (QED) is 0.731. The lowest BCUT2D eigenvalue weighted by Gasteiger charge is -2.25. The third-order valence-corrected chi connectivity index (χ3v) is 2.29. The fourth-order valence-corrected chi connectivity index (χ4v) is 1.15. The van der Waals surface area contributed by atoms with E-state index < -0.39 is 0 Å². The molecule has 0 aliphatic carbocycles. The van der Waals surface area contributed by atoms with Gasteiger partial charge in [-0.3, -0.25) is 4.98 Å². The number of hydrogen-bond donors (Lipinski definition) is 2. The van der Waals surface area contributed by atoms with Crippen LogP contribution in [0.25, 0.3) is 0 Å². The molecule has 0 fully saturated rings. The standard InChI is InChI=1S/C10H16N2O2/c1-8(6-13)12(2)10-3-4-11-9(5-10)7-14/h3-5,8,13-14H,6-7H2,1-2H3. The SMILES string of the molecule is CC(CO)N(C)c1ccnc(CO)c1. The molecule has 0 saturated carbocycles. The highest BCUT2D eigenvalue weighted by Crippen LogP contribution is 2.15. The van der Waals surface area contributed by atoms with E-state index in [9.17, 15) is 0 Å². The number of anilines is 1. The van der Waals surface area contributed by atoms with E-state index in [-0.39, 0.29) is 19.3 Å². The first kappa shape index (κ1) is 10.9. The zero-order chi connectivity index (χ0) is 10.6. The molecule has 0 radical (unpaired) electrons. The summed E-state index contributed by atoms with van der Waals surface area (Å²) in [7, 11) is 1.90. The van der Waals surface area contributed by atoms with Crippen molar-refractivity contribution in [3.05, 3.63) is 24.0 Å². The third-order valence-electron chi connectivity index (χ3n) is 2.29. The van der Waals surface area contributed by atoms with E-state index in [1.165, 1.54) is 0 Å². The summed E-state index contributed by atoms with van der Waals surface area (Å²) in [6.45, 7) is 1.97. The Morgan fingerprint density at radius 3 is 2.79 bits per heavy atom. The molecule has 1 unspecified atom stereocenters. The zero-order valence-corrected chi connectivity index (χ0v) is 8.51. The molecule has 0 spiro atoms. The van der Waals surface area contributed by atoms with Crippen LogP contribution >= 0.6 is 0 Å². The Hall–Kier alpha value is -1.13. The van der Waals surface area contributed by atoms with Gasteiger partial charge in [0.15, 0.2) is 0 Å². The second kappa shape index (κ2) is 4.93. The van der Waals surface area contributed by atoms with Gasteiger partial charge in [0.05, 0.1) is 18.9 Å². The minimum atomic E-state index is -0.0603. The van der Waals surface area contributed by atoms with Crippen LogP contribution in [0.2, 0.25) is 0 Å². The van der Waals surface area contributed by atoms with Crippen LogP contribution in [0, 0.1) is 0 Å². The van der Waals surface area contributed by atoms with Gasteiger partial charge in [-0.15, -0.1) is 0 Å². The van der Waals surface area contributed by atoms with Crippen molar-refractivity contribution in [1.82, 2.24) is 4.98 Å². The predicted octanol–water partition coefficient (Wildman–Crippen LogP) is 0.391. The van der Waals surface area contributed by atoms with Crippen LogP contribution in [0.5, 0.6) is 0 Å². The van der Waals surface area contributed by atoms with Gasteiger partial charge >= 0.3 is 0 Å². The molecular formula is C10H16N2O2.